The summed E-state index contributed by atoms with van der Waals surface area (Å²) in [5.74, 6) is 0.481. The van der Waals surface area contributed by atoms with Crippen LogP contribution in [0.4, 0.5) is 0 Å². The number of rotatable bonds is 5. The molecule has 1 spiro atoms. The van der Waals surface area contributed by atoms with E-state index in [9.17, 15) is 4.79 Å². The molecule has 4 nitrogen and oxygen atoms in total. The molecule has 104 valence electrons. The molecule has 0 aromatic rings. The fourth-order valence-corrected chi connectivity index (χ4v) is 3.31. The predicted octanol–water partition coefficient (Wildman–Crippen LogP) is 1.01. The Morgan fingerprint density at radius 3 is 2.50 bits per heavy atom. The van der Waals surface area contributed by atoms with Gasteiger partial charge in [-0.25, -0.2) is 0 Å². The summed E-state index contributed by atoms with van der Waals surface area (Å²) in [6, 6.07) is 0. The van der Waals surface area contributed by atoms with Gasteiger partial charge in [0, 0.05) is 12.5 Å². The zero-order valence-electron chi connectivity index (χ0n) is 11.7. The highest BCUT2D eigenvalue weighted by Crippen LogP contribution is 2.58. The Bertz CT molecular complexity index is 298. The quantitative estimate of drug-likeness (QED) is 0.685. The molecule has 1 aliphatic carbocycles. The Morgan fingerprint density at radius 1 is 1.39 bits per heavy atom. The lowest BCUT2D eigenvalue weighted by atomic mass is 9.90. The van der Waals surface area contributed by atoms with Crippen molar-refractivity contribution in [2.45, 2.75) is 51.5 Å². The van der Waals surface area contributed by atoms with Crippen LogP contribution in [-0.4, -0.2) is 31.1 Å². The first-order chi connectivity index (χ1) is 8.61. The van der Waals surface area contributed by atoms with Crippen molar-refractivity contribution >= 4 is 5.91 Å². The van der Waals surface area contributed by atoms with Gasteiger partial charge in [0.15, 0.2) is 0 Å². The number of carbonyl (C=O) groups excluding carboxylic acids is 1. The second-order valence-corrected chi connectivity index (χ2v) is 6.05. The first-order valence-electron chi connectivity index (χ1n) is 7.34. The standard InChI is InChI=1S/C14H27N3O/c1-3-14(4-2,10-15)17-12(18)11-9-13(11)5-7-16-8-6-13/h11,16H,3-10,15H2,1-2H3,(H,17,18). The second-order valence-electron chi connectivity index (χ2n) is 6.05. The van der Waals surface area contributed by atoms with E-state index >= 15 is 0 Å². The van der Waals surface area contributed by atoms with Crippen molar-refractivity contribution in [3.8, 4) is 0 Å². The van der Waals surface area contributed by atoms with Crippen molar-refractivity contribution in [2.75, 3.05) is 19.6 Å². The van der Waals surface area contributed by atoms with Crippen molar-refractivity contribution in [1.29, 1.82) is 0 Å². The molecule has 2 rings (SSSR count). The van der Waals surface area contributed by atoms with E-state index in [1.165, 1.54) is 0 Å². The third-order valence-corrected chi connectivity index (χ3v) is 5.24. The van der Waals surface area contributed by atoms with E-state index in [4.69, 9.17) is 5.73 Å². The number of nitrogens with one attached hydrogen (secondary N) is 2. The molecular formula is C14H27N3O. The normalized spacial score (nSPS) is 26.1. The Morgan fingerprint density at radius 2 is 2.00 bits per heavy atom. The van der Waals surface area contributed by atoms with E-state index < -0.39 is 0 Å². The molecule has 1 atom stereocenters. The summed E-state index contributed by atoms with van der Waals surface area (Å²) in [7, 11) is 0. The SMILES string of the molecule is CCC(CC)(CN)NC(=O)C1CC12CCNCC2. The van der Waals surface area contributed by atoms with Crippen molar-refractivity contribution in [2.24, 2.45) is 17.1 Å². The Kier molecular flexibility index (Phi) is 3.97. The number of nitrogens with two attached hydrogens (primary N) is 1. The maximum atomic E-state index is 12.4. The summed E-state index contributed by atoms with van der Waals surface area (Å²) < 4.78 is 0. The maximum Gasteiger partial charge on any atom is 0.224 e. The lowest BCUT2D eigenvalue weighted by Crippen LogP contribution is -2.53. The van der Waals surface area contributed by atoms with Crippen LogP contribution in [-0.2, 0) is 4.79 Å². The largest absolute Gasteiger partial charge is 0.349 e. The van der Waals surface area contributed by atoms with Gasteiger partial charge < -0.3 is 16.4 Å². The van der Waals surface area contributed by atoms with E-state index in [1.54, 1.807) is 0 Å². The van der Waals surface area contributed by atoms with Gasteiger partial charge in [-0.05, 0) is 50.6 Å². The minimum atomic E-state index is -0.187. The van der Waals surface area contributed by atoms with Gasteiger partial charge in [0.2, 0.25) is 5.91 Å². The van der Waals surface area contributed by atoms with Gasteiger partial charge >= 0.3 is 0 Å². The minimum Gasteiger partial charge on any atom is -0.349 e. The molecule has 1 saturated heterocycles. The summed E-state index contributed by atoms with van der Waals surface area (Å²) in [5.41, 5.74) is 5.97. The number of carbonyl (C=O) groups is 1. The summed E-state index contributed by atoms with van der Waals surface area (Å²) in [4.78, 5) is 12.4. The molecule has 2 fully saturated rings. The van der Waals surface area contributed by atoms with E-state index in [0.717, 1.165) is 45.2 Å². The number of amides is 1. The van der Waals surface area contributed by atoms with Crippen LogP contribution < -0.4 is 16.4 Å². The fourth-order valence-electron chi connectivity index (χ4n) is 3.31. The smallest absolute Gasteiger partial charge is 0.224 e. The van der Waals surface area contributed by atoms with Crippen LogP contribution >= 0.6 is 0 Å². The monoisotopic (exact) mass is 253 g/mol. The molecule has 0 aromatic heterocycles. The Hall–Kier alpha value is -0.610. The third kappa shape index (κ3) is 2.41. The number of hydrogen-bond acceptors (Lipinski definition) is 3. The van der Waals surface area contributed by atoms with Gasteiger partial charge in [-0.15, -0.1) is 0 Å². The average Bonchev–Trinajstić information content (AvgIpc) is 3.10. The molecule has 0 bridgehead atoms. The van der Waals surface area contributed by atoms with Crippen LogP contribution in [0.25, 0.3) is 0 Å². The van der Waals surface area contributed by atoms with Crippen molar-refractivity contribution < 1.29 is 4.79 Å². The molecule has 4 heteroatoms. The average molecular weight is 253 g/mol. The molecule has 0 radical (unpaired) electrons. The summed E-state index contributed by atoms with van der Waals surface area (Å²) in [6.45, 7) is 6.86. The topological polar surface area (TPSA) is 67.1 Å². The lowest BCUT2D eigenvalue weighted by Gasteiger charge is -2.32. The minimum absolute atomic E-state index is 0.187. The zero-order valence-corrected chi connectivity index (χ0v) is 11.7. The van der Waals surface area contributed by atoms with E-state index in [-0.39, 0.29) is 17.4 Å². The molecule has 18 heavy (non-hydrogen) atoms. The van der Waals surface area contributed by atoms with E-state index in [0.29, 0.717) is 12.0 Å². The maximum absolute atomic E-state index is 12.4. The van der Waals surface area contributed by atoms with E-state index in [2.05, 4.69) is 24.5 Å². The Labute approximate surface area is 110 Å². The van der Waals surface area contributed by atoms with Gasteiger partial charge in [0.25, 0.3) is 0 Å². The molecular weight excluding hydrogens is 226 g/mol. The van der Waals surface area contributed by atoms with Crippen LogP contribution in [0.2, 0.25) is 0 Å². The first-order valence-corrected chi connectivity index (χ1v) is 7.34. The summed E-state index contributed by atoms with van der Waals surface area (Å²) in [6.07, 6.45) is 5.20. The molecule has 2 aliphatic rings. The summed E-state index contributed by atoms with van der Waals surface area (Å²) in [5, 5.41) is 6.60. The van der Waals surface area contributed by atoms with Crippen LogP contribution in [0.1, 0.15) is 46.0 Å². The Balaban J connectivity index is 1.93. The number of piperidine rings is 1. The summed E-state index contributed by atoms with van der Waals surface area (Å²) >= 11 is 0. The van der Waals surface area contributed by atoms with Crippen LogP contribution in [0.15, 0.2) is 0 Å². The lowest BCUT2D eigenvalue weighted by molar-refractivity contribution is -0.125. The van der Waals surface area contributed by atoms with Crippen LogP contribution in [0.5, 0.6) is 0 Å². The second kappa shape index (κ2) is 5.17. The zero-order chi connectivity index (χ0) is 13.2. The van der Waals surface area contributed by atoms with Gasteiger partial charge in [-0.3, -0.25) is 4.79 Å². The highest BCUT2D eigenvalue weighted by Gasteiger charge is 2.58. The third-order valence-electron chi connectivity index (χ3n) is 5.24. The molecule has 4 N–H and O–H groups in total. The molecule has 1 aliphatic heterocycles. The highest BCUT2D eigenvalue weighted by atomic mass is 16.2. The highest BCUT2D eigenvalue weighted by molar-refractivity contribution is 5.83. The van der Waals surface area contributed by atoms with Crippen molar-refractivity contribution in [3.63, 3.8) is 0 Å². The van der Waals surface area contributed by atoms with Gasteiger partial charge in [0.05, 0.1) is 5.54 Å². The molecule has 1 unspecified atom stereocenters. The predicted molar refractivity (Wildman–Crippen MR) is 73.2 cm³/mol. The van der Waals surface area contributed by atoms with Gasteiger partial charge in [-0.1, -0.05) is 13.8 Å². The fraction of sp³-hybridized carbons (Fsp3) is 0.929. The molecule has 1 saturated carbocycles. The molecule has 1 amide bonds. The molecule has 1 heterocycles. The molecule has 0 aromatic carbocycles. The van der Waals surface area contributed by atoms with Crippen molar-refractivity contribution in [3.05, 3.63) is 0 Å². The van der Waals surface area contributed by atoms with E-state index in [1.807, 2.05) is 0 Å². The van der Waals surface area contributed by atoms with Crippen LogP contribution in [0, 0.1) is 11.3 Å². The van der Waals surface area contributed by atoms with Crippen LogP contribution in [0.3, 0.4) is 0 Å². The first kappa shape index (κ1) is 13.8. The van der Waals surface area contributed by atoms with Gasteiger partial charge in [-0.2, -0.15) is 0 Å². The number of hydrogen-bond donors (Lipinski definition) is 3. The van der Waals surface area contributed by atoms with Gasteiger partial charge in [0.1, 0.15) is 0 Å². The van der Waals surface area contributed by atoms with Crippen molar-refractivity contribution in [1.82, 2.24) is 10.6 Å².